The van der Waals surface area contributed by atoms with Crippen molar-refractivity contribution in [2.24, 2.45) is 10.9 Å². The van der Waals surface area contributed by atoms with Crippen molar-refractivity contribution in [2.45, 2.75) is 50.8 Å². The fourth-order valence-corrected chi connectivity index (χ4v) is 4.05. The zero-order valence-electron chi connectivity index (χ0n) is 17.4. The van der Waals surface area contributed by atoms with Crippen LogP contribution in [0.15, 0.2) is 46.8 Å². The summed E-state index contributed by atoms with van der Waals surface area (Å²) in [6, 6.07) is 9.28. The van der Waals surface area contributed by atoms with Crippen molar-refractivity contribution < 1.29 is 33.8 Å². The molecular weight excluding hydrogens is 406 g/mol. The lowest BCUT2D eigenvalue weighted by Gasteiger charge is -2.33. The molecule has 2 fully saturated rings. The molecule has 2 heterocycles. The summed E-state index contributed by atoms with van der Waals surface area (Å²) in [6.07, 6.45) is 2.07. The molecule has 31 heavy (non-hydrogen) atoms. The molecule has 10 nitrogen and oxygen atoms in total. The summed E-state index contributed by atoms with van der Waals surface area (Å²) in [6.45, 7) is 1.31. The van der Waals surface area contributed by atoms with Crippen molar-refractivity contribution in [1.29, 1.82) is 0 Å². The molecule has 0 radical (unpaired) electrons. The zero-order chi connectivity index (χ0) is 22.6. The van der Waals surface area contributed by atoms with Crippen LogP contribution in [0.3, 0.4) is 0 Å². The molecule has 2 aliphatic rings. The number of ether oxygens (including phenoxy) is 2. The average Bonchev–Trinajstić information content (AvgIpc) is 3.34. The van der Waals surface area contributed by atoms with E-state index in [1.807, 2.05) is 30.3 Å². The minimum atomic E-state index is -1.36. The lowest BCUT2D eigenvalue weighted by molar-refractivity contribution is -0.142. The Bertz CT molecular complexity index is 918. The highest BCUT2D eigenvalue weighted by molar-refractivity contribution is 5.98. The number of rotatable bonds is 7. The Labute approximate surface area is 179 Å². The molecule has 1 amide bonds. The maximum Gasteiger partial charge on any atom is 0.411 e. The number of hydrogen-bond donors (Lipinski definition) is 2. The van der Waals surface area contributed by atoms with Crippen LogP contribution in [0.5, 0.6) is 0 Å². The average molecular weight is 431 g/mol. The Balaban J connectivity index is 1.79. The highest BCUT2D eigenvalue weighted by Crippen LogP contribution is 2.47. The molecule has 1 aromatic rings. The molecule has 0 spiro atoms. The SMILES string of the molecule is COC(=O)C(ON=C(N)C12CCC(CC1)N2C(=O)OCc1ccccc1)=C(C)C(=O)O. The number of fused-ring (bicyclic) bond motifs is 2. The van der Waals surface area contributed by atoms with Gasteiger partial charge < -0.3 is 25.2 Å². The quantitative estimate of drug-likeness (QED) is 0.167. The van der Waals surface area contributed by atoms with Gasteiger partial charge in [0.15, 0.2) is 5.84 Å². The third-order valence-corrected chi connectivity index (χ3v) is 5.75. The monoisotopic (exact) mass is 431 g/mol. The van der Waals surface area contributed by atoms with Gasteiger partial charge in [0.2, 0.25) is 0 Å². The molecule has 1 aromatic carbocycles. The summed E-state index contributed by atoms with van der Waals surface area (Å²) in [5.41, 5.74) is 5.78. The largest absolute Gasteiger partial charge is 0.478 e. The number of carbonyl (C=O) groups excluding carboxylic acids is 2. The number of oxime groups is 1. The van der Waals surface area contributed by atoms with E-state index in [0.717, 1.165) is 25.5 Å². The molecule has 3 N–H and O–H groups in total. The highest BCUT2D eigenvalue weighted by atomic mass is 16.7. The summed E-state index contributed by atoms with van der Waals surface area (Å²) in [5, 5.41) is 13.0. The second-order valence-electron chi connectivity index (χ2n) is 7.49. The molecule has 3 rings (SSSR count). The van der Waals surface area contributed by atoms with Crippen molar-refractivity contribution in [3.8, 4) is 0 Å². The molecule has 2 saturated heterocycles. The number of aliphatic carboxylic acids is 1. The smallest absolute Gasteiger partial charge is 0.411 e. The van der Waals surface area contributed by atoms with Gasteiger partial charge in [-0.15, -0.1) is 0 Å². The first-order chi connectivity index (χ1) is 14.8. The number of esters is 1. The summed E-state index contributed by atoms with van der Waals surface area (Å²) >= 11 is 0. The molecule has 0 atom stereocenters. The molecule has 166 valence electrons. The molecule has 0 saturated carbocycles. The predicted molar refractivity (Wildman–Crippen MR) is 109 cm³/mol. The van der Waals surface area contributed by atoms with E-state index < -0.39 is 29.3 Å². The van der Waals surface area contributed by atoms with Crippen molar-refractivity contribution in [2.75, 3.05) is 7.11 Å². The van der Waals surface area contributed by atoms with Gasteiger partial charge in [-0.05, 0) is 38.2 Å². The topological polar surface area (TPSA) is 141 Å². The number of nitrogens with two attached hydrogens (primary N) is 1. The van der Waals surface area contributed by atoms with Crippen LogP contribution >= 0.6 is 0 Å². The third kappa shape index (κ3) is 4.32. The third-order valence-electron chi connectivity index (χ3n) is 5.75. The Morgan fingerprint density at radius 1 is 1.23 bits per heavy atom. The van der Waals surface area contributed by atoms with Crippen LogP contribution in [0.4, 0.5) is 4.79 Å². The fraction of sp³-hybridized carbons (Fsp3) is 0.429. The Hall–Kier alpha value is -3.56. The molecule has 0 unspecified atom stereocenters. The van der Waals surface area contributed by atoms with Gasteiger partial charge in [-0.2, -0.15) is 0 Å². The van der Waals surface area contributed by atoms with Crippen LogP contribution < -0.4 is 5.73 Å². The van der Waals surface area contributed by atoms with E-state index in [2.05, 4.69) is 9.89 Å². The van der Waals surface area contributed by atoms with Gasteiger partial charge in [-0.25, -0.2) is 14.4 Å². The first-order valence-corrected chi connectivity index (χ1v) is 9.83. The van der Waals surface area contributed by atoms with Crippen molar-refractivity contribution >= 4 is 23.9 Å². The molecular formula is C21H25N3O7. The maximum absolute atomic E-state index is 12.9. The van der Waals surface area contributed by atoms with E-state index in [0.29, 0.717) is 12.8 Å². The molecule has 0 aliphatic carbocycles. The number of amidine groups is 1. The number of nitrogens with zero attached hydrogens (tertiary/aromatic N) is 2. The van der Waals surface area contributed by atoms with E-state index >= 15 is 0 Å². The number of amides is 1. The number of hydrogen-bond acceptors (Lipinski definition) is 7. The highest BCUT2D eigenvalue weighted by Gasteiger charge is 2.57. The molecule has 0 aromatic heterocycles. The van der Waals surface area contributed by atoms with Crippen LogP contribution in [0.2, 0.25) is 0 Å². The lowest BCUT2D eigenvalue weighted by Crippen LogP contribution is -2.54. The van der Waals surface area contributed by atoms with Gasteiger partial charge in [-0.1, -0.05) is 35.5 Å². The summed E-state index contributed by atoms with van der Waals surface area (Å²) in [7, 11) is 1.09. The number of carboxylic acids is 1. The van der Waals surface area contributed by atoms with Crippen LogP contribution in [0.1, 0.15) is 38.2 Å². The minimum absolute atomic E-state index is 0.0243. The first-order valence-electron chi connectivity index (χ1n) is 9.83. The summed E-state index contributed by atoms with van der Waals surface area (Å²) in [5.74, 6) is -2.96. The van der Waals surface area contributed by atoms with E-state index in [-0.39, 0.29) is 24.1 Å². The van der Waals surface area contributed by atoms with Crippen LogP contribution in [0, 0.1) is 0 Å². The van der Waals surface area contributed by atoms with E-state index in [9.17, 15) is 14.4 Å². The summed E-state index contributed by atoms with van der Waals surface area (Å²) in [4.78, 5) is 42.7. The van der Waals surface area contributed by atoms with Crippen LogP contribution in [-0.2, 0) is 30.5 Å². The van der Waals surface area contributed by atoms with Crippen molar-refractivity contribution in [3.05, 3.63) is 47.2 Å². The second kappa shape index (κ2) is 9.07. The van der Waals surface area contributed by atoms with Gasteiger partial charge in [0, 0.05) is 6.04 Å². The lowest BCUT2D eigenvalue weighted by atomic mass is 9.87. The van der Waals surface area contributed by atoms with E-state index in [1.165, 1.54) is 6.92 Å². The Morgan fingerprint density at radius 2 is 1.87 bits per heavy atom. The van der Waals surface area contributed by atoms with Gasteiger partial charge in [-0.3, -0.25) is 4.90 Å². The number of carboxylic acid groups (broad SMARTS) is 1. The number of methoxy groups -OCH3 is 1. The summed E-state index contributed by atoms with van der Waals surface area (Å²) < 4.78 is 10.0. The van der Waals surface area contributed by atoms with Gasteiger partial charge in [0.1, 0.15) is 12.1 Å². The maximum atomic E-state index is 12.9. The van der Waals surface area contributed by atoms with E-state index in [1.54, 1.807) is 4.90 Å². The predicted octanol–water partition coefficient (Wildman–Crippen LogP) is 2.14. The first kappa shape index (κ1) is 22.1. The van der Waals surface area contributed by atoms with Crippen LogP contribution in [-0.4, -0.2) is 52.6 Å². The fourth-order valence-electron chi connectivity index (χ4n) is 4.05. The van der Waals surface area contributed by atoms with Gasteiger partial charge >= 0.3 is 18.0 Å². The van der Waals surface area contributed by atoms with Gasteiger partial charge in [0.05, 0.1) is 12.7 Å². The number of carbonyl (C=O) groups is 3. The van der Waals surface area contributed by atoms with E-state index in [4.69, 9.17) is 20.4 Å². The molecule has 2 bridgehead atoms. The van der Waals surface area contributed by atoms with Gasteiger partial charge in [0.25, 0.3) is 5.76 Å². The normalized spacial score (nSPS) is 23.2. The molecule has 2 aliphatic heterocycles. The Kier molecular flexibility index (Phi) is 6.47. The van der Waals surface area contributed by atoms with Crippen molar-refractivity contribution in [1.82, 2.24) is 4.90 Å². The standard InChI is InChI=1S/C21H25N3O7/c1-13(17(25)26)16(18(27)29-2)31-23-19(22)21-10-8-15(9-11-21)24(21)20(28)30-12-14-6-4-3-5-7-14/h3-7,15H,8-12H2,1-2H3,(H2,22,23)(H,25,26). The zero-order valence-corrected chi connectivity index (χ0v) is 17.4. The molecule has 10 heteroatoms. The van der Waals surface area contributed by atoms with Crippen LogP contribution in [0.25, 0.3) is 0 Å². The Morgan fingerprint density at radius 3 is 2.45 bits per heavy atom. The van der Waals surface area contributed by atoms with Crippen molar-refractivity contribution in [3.63, 3.8) is 0 Å². The second-order valence-corrected chi connectivity index (χ2v) is 7.49. The minimum Gasteiger partial charge on any atom is -0.478 e. The number of benzene rings is 1.